The molecule has 0 radical (unpaired) electrons. The number of ether oxygens (including phenoxy) is 1. The van der Waals surface area contributed by atoms with E-state index in [-0.39, 0.29) is 17.4 Å². The van der Waals surface area contributed by atoms with Crippen LogP contribution in [0.4, 0.5) is 5.95 Å². The van der Waals surface area contributed by atoms with Crippen molar-refractivity contribution in [3.8, 4) is 0 Å². The molecule has 2 aromatic heterocycles. The average Bonchev–Trinajstić information content (AvgIpc) is 3.18. The molecule has 0 bridgehead atoms. The highest BCUT2D eigenvalue weighted by Gasteiger charge is 2.35. The summed E-state index contributed by atoms with van der Waals surface area (Å²) in [5, 5.41) is 4.26. The first-order valence-electron chi connectivity index (χ1n) is 10.6. The Morgan fingerprint density at radius 2 is 2.07 bits per heavy atom. The number of aromatic nitrogens is 3. The maximum absolute atomic E-state index is 13.0. The summed E-state index contributed by atoms with van der Waals surface area (Å²) in [7, 11) is 0. The molecule has 1 amide bonds. The molecule has 7 heteroatoms. The zero-order chi connectivity index (χ0) is 20.7. The number of aromatic amines is 1. The summed E-state index contributed by atoms with van der Waals surface area (Å²) >= 11 is 0. The predicted octanol–water partition coefficient (Wildman–Crippen LogP) is 3.24. The van der Waals surface area contributed by atoms with Crippen LogP contribution in [0, 0.1) is 5.41 Å². The van der Waals surface area contributed by atoms with Gasteiger partial charge in [-0.3, -0.25) is 4.79 Å². The molecule has 2 aliphatic rings. The Labute approximate surface area is 175 Å². The lowest BCUT2D eigenvalue weighted by Gasteiger charge is -2.37. The molecule has 0 saturated carbocycles. The number of fused-ring (bicyclic) bond motifs is 2. The van der Waals surface area contributed by atoms with E-state index in [1.54, 1.807) is 0 Å². The van der Waals surface area contributed by atoms with Crippen molar-refractivity contribution >= 4 is 22.8 Å². The number of nitrogens with zero attached hydrogens (tertiary/aromatic N) is 3. The van der Waals surface area contributed by atoms with E-state index in [9.17, 15) is 4.79 Å². The molecule has 1 saturated heterocycles. The molecule has 2 N–H and O–H groups in total. The van der Waals surface area contributed by atoms with Crippen LogP contribution in [0.25, 0.3) is 10.9 Å². The summed E-state index contributed by atoms with van der Waals surface area (Å²) in [5.41, 5.74) is 3.64. The first-order valence-corrected chi connectivity index (χ1v) is 10.6. The van der Waals surface area contributed by atoms with Gasteiger partial charge in [0.2, 0.25) is 5.95 Å². The quantitative estimate of drug-likeness (QED) is 0.699. The molecule has 1 fully saturated rings. The lowest BCUT2D eigenvalue weighted by molar-refractivity contribution is 0.0914. The van der Waals surface area contributed by atoms with Crippen molar-refractivity contribution in [3.05, 3.63) is 53.5 Å². The van der Waals surface area contributed by atoms with Crippen LogP contribution in [0.5, 0.6) is 0 Å². The lowest BCUT2D eigenvalue weighted by atomic mass is 9.74. The van der Waals surface area contributed by atoms with Gasteiger partial charge in [0, 0.05) is 35.8 Å². The number of carbonyl (C=O) groups is 1. The highest BCUT2D eigenvalue weighted by atomic mass is 16.5. The molecule has 3 aromatic rings. The zero-order valence-electron chi connectivity index (χ0n) is 17.4. The second-order valence-electron chi connectivity index (χ2n) is 9.01. The Balaban J connectivity index is 1.42. The van der Waals surface area contributed by atoms with E-state index in [1.807, 2.05) is 36.5 Å². The third-order valence-corrected chi connectivity index (χ3v) is 6.04. The fourth-order valence-corrected chi connectivity index (χ4v) is 4.51. The molecule has 1 aromatic carbocycles. The van der Waals surface area contributed by atoms with Gasteiger partial charge in [0.1, 0.15) is 5.69 Å². The summed E-state index contributed by atoms with van der Waals surface area (Å²) in [6, 6.07) is 9.71. The van der Waals surface area contributed by atoms with Crippen LogP contribution in [0.3, 0.4) is 0 Å². The van der Waals surface area contributed by atoms with Crippen molar-refractivity contribution in [2.45, 2.75) is 32.7 Å². The minimum absolute atomic E-state index is 0.0437. The topological polar surface area (TPSA) is 83.1 Å². The van der Waals surface area contributed by atoms with Crippen molar-refractivity contribution < 1.29 is 9.53 Å². The molecule has 5 rings (SSSR count). The summed E-state index contributed by atoms with van der Waals surface area (Å²) in [6.07, 6.45) is 3.63. The summed E-state index contributed by atoms with van der Waals surface area (Å²) < 4.78 is 5.44. The van der Waals surface area contributed by atoms with Crippen molar-refractivity contribution in [1.82, 2.24) is 20.3 Å². The van der Waals surface area contributed by atoms with E-state index in [4.69, 9.17) is 9.72 Å². The van der Waals surface area contributed by atoms with E-state index in [2.05, 4.69) is 34.0 Å². The lowest BCUT2D eigenvalue weighted by Crippen LogP contribution is -2.39. The monoisotopic (exact) mass is 405 g/mol. The van der Waals surface area contributed by atoms with Gasteiger partial charge in [-0.2, -0.15) is 0 Å². The van der Waals surface area contributed by atoms with E-state index < -0.39 is 0 Å². The van der Waals surface area contributed by atoms with Crippen molar-refractivity contribution in [3.63, 3.8) is 0 Å². The number of benzene rings is 1. The van der Waals surface area contributed by atoms with Gasteiger partial charge in [-0.05, 0) is 30.4 Å². The number of H-pyrrole nitrogens is 1. The van der Waals surface area contributed by atoms with Gasteiger partial charge in [0.25, 0.3) is 5.91 Å². The minimum Gasteiger partial charge on any atom is -0.378 e. The highest BCUT2D eigenvalue weighted by molar-refractivity contribution is 5.98. The third-order valence-electron chi connectivity index (χ3n) is 6.04. The second kappa shape index (κ2) is 7.40. The van der Waals surface area contributed by atoms with Crippen LogP contribution >= 0.6 is 0 Å². The Hall–Kier alpha value is -2.93. The Morgan fingerprint density at radius 3 is 2.87 bits per heavy atom. The minimum atomic E-state index is -0.110. The molecular weight excluding hydrogens is 378 g/mol. The summed E-state index contributed by atoms with van der Waals surface area (Å²) in [5.74, 6) is 0.660. The molecule has 30 heavy (non-hydrogen) atoms. The van der Waals surface area contributed by atoms with Crippen LogP contribution in [0.2, 0.25) is 0 Å². The van der Waals surface area contributed by atoms with E-state index in [0.29, 0.717) is 18.9 Å². The Bertz CT molecular complexity index is 1050. The SMILES string of the molecule is CC1(C)Cc2nc(N3CCOCC3)ncc2C(NC(=O)c2cc3ccccc3[nH]2)C1. The van der Waals surface area contributed by atoms with Gasteiger partial charge in [-0.1, -0.05) is 32.0 Å². The standard InChI is InChI=1S/C23H27N5O2/c1-23(2)12-19(26-21(29)18-11-15-5-3-4-6-17(15)25-18)16-14-24-22(27-20(16)13-23)28-7-9-30-10-8-28/h3-6,11,14,19,25H,7-10,12-13H2,1-2H3,(H,26,29). The van der Waals surface area contributed by atoms with Crippen LogP contribution in [0.1, 0.15) is 48.1 Å². The van der Waals surface area contributed by atoms with E-state index in [1.165, 1.54) is 0 Å². The van der Waals surface area contributed by atoms with Gasteiger partial charge in [-0.25, -0.2) is 9.97 Å². The number of hydrogen-bond acceptors (Lipinski definition) is 5. The summed E-state index contributed by atoms with van der Waals surface area (Å²) in [4.78, 5) is 27.9. The van der Waals surface area contributed by atoms with Crippen LogP contribution in [-0.2, 0) is 11.2 Å². The smallest absolute Gasteiger partial charge is 0.268 e. The zero-order valence-corrected chi connectivity index (χ0v) is 17.4. The number of carbonyl (C=O) groups excluding carboxylic acids is 1. The van der Waals surface area contributed by atoms with Gasteiger partial charge in [0.05, 0.1) is 24.9 Å². The molecule has 3 heterocycles. The van der Waals surface area contributed by atoms with Crippen LogP contribution < -0.4 is 10.2 Å². The second-order valence-corrected chi connectivity index (χ2v) is 9.01. The number of para-hydroxylation sites is 1. The molecule has 156 valence electrons. The molecular formula is C23H27N5O2. The van der Waals surface area contributed by atoms with Gasteiger partial charge < -0.3 is 19.9 Å². The van der Waals surface area contributed by atoms with Crippen molar-refractivity contribution in [2.24, 2.45) is 5.41 Å². The first kappa shape index (κ1) is 19.1. The number of nitrogens with one attached hydrogen (secondary N) is 2. The summed E-state index contributed by atoms with van der Waals surface area (Å²) in [6.45, 7) is 7.48. The number of anilines is 1. The average molecular weight is 406 g/mol. The fraction of sp³-hybridized carbons (Fsp3) is 0.435. The Morgan fingerprint density at radius 1 is 1.27 bits per heavy atom. The van der Waals surface area contributed by atoms with Gasteiger partial charge in [-0.15, -0.1) is 0 Å². The van der Waals surface area contributed by atoms with E-state index in [0.717, 1.165) is 54.0 Å². The van der Waals surface area contributed by atoms with E-state index >= 15 is 0 Å². The normalized spacial score (nSPS) is 20.7. The maximum atomic E-state index is 13.0. The molecule has 0 spiro atoms. The predicted molar refractivity (Wildman–Crippen MR) is 116 cm³/mol. The number of morpholine rings is 1. The number of rotatable bonds is 3. The van der Waals surface area contributed by atoms with Gasteiger partial charge >= 0.3 is 0 Å². The van der Waals surface area contributed by atoms with Gasteiger partial charge in [0.15, 0.2) is 0 Å². The number of amides is 1. The van der Waals surface area contributed by atoms with Crippen molar-refractivity contribution in [1.29, 1.82) is 0 Å². The molecule has 1 aliphatic carbocycles. The molecule has 7 nitrogen and oxygen atoms in total. The Kier molecular flexibility index (Phi) is 4.70. The van der Waals surface area contributed by atoms with Crippen molar-refractivity contribution in [2.75, 3.05) is 31.2 Å². The molecule has 1 aliphatic heterocycles. The van der Waals surface area contributed by atoms with Crippen LogP contribution in [0.15, 0.2) is 36.5 Å². The number of hydrogen-bond donors (Lipinski definition) is 2. The maximum Gasteiger partial charge on any atom is 0.268 e. The highest BCUT2D eigenvalue weighted by Crippen LogP contribution is 2.40. The molecule has 1 unspecified atom stereocenters. The van der Waals surface area contributed by atoms with Crippen LogP contribution in [-0.4, -0.2) is 47.2 Å². The third kappa shape index (κ3) is 3.65. The molecule has 1 atom stereocenters. The fourth-order valence-electron chi connectivity index (χ4n) is 4.51. The first-order chi connectivity index (χ1) is 14.5. The largest absolute Gasteiger partial charge is 0.378 e.